The van der Waals surface area contributed by atoms with Crippen LogP contribution in [0.3, 0.4) is 0 Å². The second-order valence-electron chi connectivity index (χ2n) is 3.81. The Balaban J connectivity index is 2.35. The lowest BCUT2D eigenvalue weighted by Crippen LogP contribution is -2.20. The van der Waals surface area contributed by atoms with Crippen LogP contribution in [0.1, 0.15) is 5.56 Å². The van der Waals surface area contributed by atoms with Gasteiger partial charge >= 0.3 is 0 Å². The predicted octanol–water partition coefficient (Wildman–Crippen LogP) is 2.00. The van der Waals surface area contributed by atoms with Crippen LogP contribution in [0, 0.1) is 10.1 Å². The standard InChI is InChI=1S/C12H17ClN2O4/c1-18-6-7-19-5-4-14-9-10-2-3-11(13)8-12(10)15(16)17/h2-3,8,14H,4-7,9H2,1H3. The van der Waals surface area contributed by atoms with E-state index in [-0.39, 0.29) is 5.69 Å². The predicted molar refractivity (Wildman–Crippen MR) is 72.5 cm³/mol. The van der Waals surface area contributed by atoms with Crippen LogP contribution in [0.2, 0.25) is 5.02 Å². The van der Waals surface area contributed by atoms with E-state index < -0.39 is 4.92 Å². The topological polar surface area (TPSA) is 73.6 Å². The lowest BCUT2D eigenvalue weighted by Gasteiger charge is -2.07. The zero-order valence-corrected chi connectivity index (χ0v) is 11.5. The zero-order valence-electron chi connectivity index (χ0n) is 10.7. The molecule has 19 heavy (non-hydrogen) atoms. The highest BCUT2D eigenvalue weighted by molar-refractivity contribution is 6.30. The SMILES string of the molecule is COCCOCCNCc1ccc(Cl)cc1[N+](=O)[O-]. The third kappa shape index (κ3) is 5.98. The van der Waals surface area contributed by atoms with Gasteiger partial charge < -0.3 is 14.8 Å². The van der Waals surface area contributed by atoms with Crippen molar-refractivity contribution in [1.82, 2.24) is 5.32 Å². The van der Waals surface area contributed by atoms with Crippen molar-refractivity contribution < 1.29 is 14.4 Å². The van der Waals surface area contributed by atoms with Crippen molar-refractivity contribution >= 4 is 17.3 Å². The lowest BCUT2D eigenvalue weighted by atomic mass is 10.2. The van der Waals surface area contributed by atoms with E-state index in [0.29, 0.717) is 43.5 Å². The third-order valence-electron chi connectivity index (χ3n) is 2.41. The first-order chi connectivity index (χ1) is 9.15. The van der Waals surface area contributed by atoms with Crippen LogP contribution >= 0.6 is 11.6 Å². The summed E-state index contributed by atoms with van der Waals surface area (Å²) in [5.74, 6) is 0. The molecule has 0 radical (unpaired) electrons. The third-order valence-corrected chi connectivity index (χ3v) is 2.65. The molecule has 106 valence electrons. The molecule has 0 saturated heterocycles. The number of nitrogens with zero attached hydrogens (tertiary/aromatic N) is 1. The molecule has 0 spiro atoms. The molecule has 1 aromatic rings. The molecule has 0 aromatic heterocycles. The van der Waals surface area contributed by atoms with Crippen molar-refractivity contribution in [2.45, 2.75) is 6.54 Å². The average Bonchev–Trinajstić information content (AvgIpc) is 2.39. The molecule has 1 aromatic carbocycles. The fourth-order valence-electron chi connectivity index (χ4n) is 1.47. The van der Waals surface area contributed by atoms with Gasteiger partial charge in [0.1, 0.15) is 0 Å². The monoisotopic (exact) mass is 288 g/mol. The van der Waals surface area contributed by atoms with Gasteiger partial charge in [0.05, 0.1) is 24.7 Å². The summed E-state index contributed by atoms with van der Waals surface area (Å²) in [4.78, 5) is 10.4. The van der Waals surface area contributed by atoms with Gasteiger partial charge in [0, 0.05) is 36.9 Å². The summed E-state index contributed by atoms with van der Waals surface area (Å²) in [6, 6.07) is 4.65. The van der Waals surface area contributed by atoms with Crippen LogP contribution in [-0.4, -0.2) is 38.4 Å². The molecule has 1 N–H and O–H groups in total. The van der Waals surface area contributed by atoms with Gasteiger partial charge in [-0.25, -0.2) is 0 Å². The number of halogens is 1. The van der Waals surface area contributed by atoms with E-state index in [9.17, 15) is 10.1 Å². The van der Waals surface area contributed by atoms with Crippen molar-refractivity contribution in [2.24, 2.45) is 0 Å². The van der Waals surface area contributed by atoms with Crippen LogP contribution in [0.15, 0.2) is 18.2 Å². The Morgan fingerprint density at radius 3 is 2.84 bits per heavy atom. The van der Waals surface area contributed by atoms with Gasteiger partial charge in [-0.3, -0.25) is 10.1 Å². The van der Waals surface area contributed by atoms with Gasteiger partial charge in [-0.2, -0.15) is 0 Å². The number of nitro benzene ring substituents is 1. The second kappa shape index (κ2) is 8.82. The van der Waals surface area contributed by atoms with E-state index in [0.717, 1.165) is 0 Å². The molecule has 0 bridgehead atoms. The van der Waals surface area contributed by atoms with Gasteiger partial charge in [-0.05, 0) is 12.1 Å². The first-order valence-electron chi connectivity index (χ1n) is 5.85. The number of ether oxygens (including phenoxy) is 2. The number of hydrogen-bond acceptors (Lipinski definition) is 5. The van der Waals surface area contributed by atoms with Gasteiger partial charge in [-0.1, -0.05) is 11.6 Å². The fourth-order valence-corrected chi connectivity index (χ4v) is 1.63. The molecule has 0 heterocycles. The minimum absolute atomic E-state index is 0.0281. The quantitative estimate of drug-likeness (QED) is 0.427. The number of nitrogens with one attached hydrogen (secondary N) is 1. The Labute approximate surface area is 116 Å². The van der Waals surface area contributed by atoms with Crippen LogP contribution in [0.5, 0.6) is 0 Å². The first kappa shape index (κ1) is 15.8. The molecule has 1 rings (SSSR count). The highest BCUT2D eigenvalue weighted by Gasteiger charge is 2.13. The van der Waals surface area contributed by atoms with E-state index in [1.54, 1.807) is 19.2 Å². The lowest BCUT2D eigenvalue weighted by molar-refractivity contribution is -0.385. The van der Waals surface area contributed by atoms with Crippen LogP contribution < -0.4 is 5.32 Å². The van der Waals surface area contributed by atoms with E-state index in [2.05, 4.69) is 5.32 Å². The molecular formula is C12H17ClN2O4. The molecule has 0 unspecified atom stereocenters. The summed E-state index contributed by atoms with van der Waals surface area (Å²) in [6.45, 7) is 2.65. The van der Waals surface area contributed by atoms with Crippen molar-refractivity contribution in [1.29, 1.82) is 0 Å². The summed E-state index contributed by atoms with van der Waals surface area (Å²) in [5, 5.41) is 14.3. The molecule has 0 fully saturated rings. The molecule has 0 aliphatic rings. The fraction of sp³-hybridized carbons (Fsp3) is 0.500. The van der Waals surface area contributed by atoms with Crippen LogP contribution in [-0.2, 0) is 16.0 Å². The number of hydrogen-bond donors (Lipinski definition) is 1. The number of nitro groups is 1. The second-order valence-corrected chi connectivity index (χ2v) is 4.25. The molecule has 6 nitrogen and oxygen atoms in total. The van der Waals surface area contributed by atoms with Gasteiger partial charge in [0.25, 0.3) is 5.69 Å². The Morgan fingerprint density at radius 2 is 2.16 bits per heavy atom. The molecule has 7 heteroatoms. The number of rotatable bonds is 9. The molecule has 0 atom stereocenters. The highest BCUT2D eigenvalue weighted by Crippen LogP contribution is 2.22. The average molecular weight is 289 g/mol. The van der Waals surface area contributed by atoms with E-state index in [1.165, 1.54) is 6.07 Å². The Hall–Kier alpha value is -1.21. The van der Waals surface area contributed by atoms with Crippen molar-refractivity contribution in [3.63, 3.8) is 0 Å². The van der Waals surface area contributed by atoms with E-state index in [4.69, 9.17) is 21.1 Å². The first-order valence-corrected chi connectivity index (χ1v) is 6.23. The minimum atomic E-state index is -0.433. The largest absolute Gasteiger partial charge is 0.382 e. The van der Waals surface area contributed by atoms with Gasteiger partial charge in [0.15, 0.2) is 0 Å². The molecule has 0 aliphatic heterocycles. The van der Waals surface area contributed by atoms with Crippen molar-refractivity contribution in [2.75, 3.05) is 33.5 Å². The summed E-state index contributed by atoms with van der Waals surface area (Å²) in [7, 11) is 1.61. The normalized spacial score (nSPS) is 10.6. The van der Waals surface area contributed by atoms with Gasteiger partial charge in [0.2, 0.25) is 0 Å². The number of methoxy groups -OCH3 is 1. The molecule has 0 aliphatic carbocycles. The van der Waals surface area contributed by atoms with Crippen LogP contribution in [0.25, 0.3) is 0 Å². The maximum Gasteiger partial charge on any atom is 0.275 e. The van der Waals surface area contributed by atoms with Crippen molar-refractivity contribution in [3.8, 4) is 0 Å². The van der Waals surface area contributed by atoms with E-state index in [1.807, 2.05) is 0 Å². The Morgan fingerprint density at radius 1 is 1.37 bits per heavy atom. The molecule has 0 amide bonds. The Kier molecular flexibility index (Phi) is 7.35. The summed E-state index contributed by atoms with van der Waals surface area (Å²) in [6.07, 6.45) is 0. The molecule has 0 saturated carbocycles. The Bertz CT molecular complexity index is 415. The zero-order chi connectivity index (χ0) is 14.1. The van der Waals surface area contributed by atoms with E-state index >= 15 is 0 Å². The summed E-state index contributed by atoms with van der Waals surface area (Å²) in [5.41, 5.74) is 0.631. The maximum absolute atomic E-state index is 10.9. The summed E-state index contributed by atoms with van der Waals surface area (Å²) < 4.78 is 10.1. The maximum atomic E-state index is 10.9. The van der Waals surface area contributed by atoms with Crippen molar-refractivity contribution in [3.05, 3.63) is 38.9 Å². The number of benzene rings is 1. The molecular weight excluding hydrogens is 272 g/mol. The smallest absolute Gasteiger partial charge is 0.275 e. The highest BCUT2D eigenvalue weighted by atomic mass is 35.5. The summed E-state index contributed by atoms with van der Waals surface area (Å²) >= 11 is 5.74. The van der Waals surface area contributed by atoms with Gasteiger partial charge in [-0.15, -0.1) is 0 Å². The minimum Gasteiger partial charge on any atom is -0.382 e. The van der Waals surface area contributed by atoms with Crippen LogP contribution in [0.4, 0.5) is 5.69 Å².